The second-order valence-electron chi connectivity index (χ2n) is 3.62. The van der Waals surface area contributed by atoms with Crippen LogP contribution >= 0.6 is 0 Å². The molecule has 0 N–H and O–H groups in total. The molecule has 2 amide bonds. The Labute approximate surface area is 96.1 Å². The van der Waals surface area contributed by atoms with Crippen LogP contribution < -0.4 is 0 Å². The first-order valence-corrected chi connectivity index (χ1v) is 5.46. The number of fused-ring (bicyclic) bond motifs is 1. The molecule has 3 nitrogen and oxygen atoms in total. The average Bonchev–Trinajstić information content (AvgIpc) is 2.52. The molecule has 0 bridgehead atoms. The Hall–Kier alpha value is -1.64. The number of carbonyl (C=O) groups excluding carboxylic acids is 2. The smallest absolute Gasteiger partial charge is 0.261 e. The zero-order chi connectivity index (χ0) is 12.5. The first-order chi connectivity index (χ1) is 7.54. The zero-order valence-corrected chi connectivity index (χ0v) is 10.4. The third-order valence-electron chi connectivity index (χ3n) is 2.66. The minimum absolute atomic E-state index is 0.189. The van der Waals surface area contributed by atoms with E-state index in [0.717, 1.165) is 11.1 Å². The number of rotatable bonds is 0. The van der Waals surface area contributed by atoms with E-state index in [4.69, 9.17) is 0 Å². The highest BCUT2D eigenvalue weighted by Crippen LogP contribution is 2.27. The van der Waals surface area contributed by atoms with Gasteiger partial charge in [0.25, 0.3) is 11.8 Å². The van der Waals surface area contributed by atoms with Gasteiger partial charge >= 0.3 is 0 Å². The fourth-order valence-corrected chi connectivity index (χ4v) is 1.79. The number of hydrogen-bond acceptors (Lipinski definition) is 2. The summed E-state index contributed by atoms with van der Waals surface area (Å²) < 4.78 is 0. The molecule has 1 aromatic rings. The van der Waals surface area contributed by atoms with E-state index in [1.807, 2.05) is 39.8 Å². The van der Waals surface area contributed by atoms with Crippen molar-refractivity contribution in [3.8, 4) is 0 Å². The minimum atomic E-state index is -0.189. The maximum Gasteiger partial charge on any atom is 0.261 e. The third-order valence-corrected chi connectivity index (χ3v) is 2.66. The van der Waals surface area contributed by atoms with Gasteiger partial charge in [0.15, 0.2) is 0 Å². The van der Waals surface area contributed by atoms with Gasteiger partial charge in [-0.05, 0) is 25.0 Å². The lowest BCUT2D eigenvalue weighted by Crippen LogP contribution is -2.24. The molecule has 1 aromatic carbocycles. The average molecular weight is 219 g/mol. The van der Waals surface area contributed by atoms with E-state index in [1.54, 1.807) is 0 Å². The fraction of sp³-hybridized carbons (Fsp3) is 0.385. The van der Waals surface area contributed by atoms with Crippen LogP contribution in [0.15, 0.2) is 12.1 Å². The van der Waals surface area contributed by atoms with Crippen LogP contribution in [-0.2, 0) is 0 Å². The molecule has 1 aliphatic rings. The summed E-state index contributed by atoms with van der Waals surface area (Å²) in [7, 11) is 1.52. The van der Waals surface area contributed by atoms with Crippen molar-refractivity contribution in [2.45, 2.75) is 27.7 Å². The molecule has 16 heavy (non-hydrogen) atoms. The summed E-state index contributed by atoms with van der Waals surface area (Å²) in [5, 5.41) is 0. The second kappa shape index (κ2) is 4.47. The van der Waals surface area contributed by atoms with Gasteiger partial charge < -0.3 is 0 Å². The van der Waals surface area contributed by atoms with E-state index in [-0.39, 0.29) is 11.8 Å². The molecule has 0 saturated carbocycles. The molecule has 2 rings (SSSR count). The number of hydrogen-bond donors (Lipinski definition) is 0. The van der Waals surface area contributed by atoms with Crippen molar-refractivity contribution in [3.05, 3.63) is 34.4 Å². The highest BCUT2D eigenvalue weighted by atomic mass is 16.2. The maximum atomic E-state index is 11.7. The molecular weight excluding hydrogens is 202 g/mol. The minimum Gasteiger partial charge on any atom is -0.277 e. The molecule has 0 aliphatic carbocycles. The van der Waals surface area contributed by atoms with Crippen LogP contribution in [0.25, 0.3) is 0 Å². The van der Waals surface area contributed by atoms with E-state index < -0.39 is 0 Å². The van der Waals surface area contributed by atoms with Gasteiger partial charge in [-0.25, -0.2) is 0 Å². The Kier molecular flexibility index (Phi) is 3.48. The molecule has 0 unspecified atom stereocenters. The Morgan fingerprint density at radius 2 is 1.19 bits per heavy atom. The zero-order valence-electron chi connectivity index (χ0n) is 10.4. The summed E-state index contributed by atoms with van der Waals surface area (Å²) in [5.41, 5.74) is 2.87. The molecule has 0 saturated heterocycles. The van der Waals surface area contributed by atoms with Crippen molar-refractivity contribution in [1.82, 2.24) is 4.90 Å². The van der Waals surface area contributed by atoms with Gasteiger partial charge in [0.2, 0.25) is 0 Å². The first-order valence-electron chi connectivity index (χ1n) is 5.46. The van der Waals surface area contributed by atoms with Crippen molar-refractivity contribution >= 4 is 11.8 Å². The predicted octanol–water partition coefficient (Wildman–Crippen LogP) is 2.56. The molecule has 0 aromatic heterocycles. The first kappa shape index (κ1) is 12.4. The standard InChI is InChI=1S/C11H11NO2.C2H6/c1-6-4-5-7(2)9-8(6)10(13)12(3)11(9)14;1-2/h4-5H,1-3H3;1-2H3. The summed E-state index contributed by atoms with van der Waals surface area (Å²) in [6, 6.07) is 3.75. The van der Waals surface area contributed by atoms with Gasteiger partial charge in [-0.2, -0.15) is 0 Å². The van der Waals surface area contributed by atoms with Gasteiger partial charge in [0, 0.05) is 7.05 Å². The normalized spacial score (nSPS) is 13.4. The summed E-state index contributed by atoms with van der Waals surface area (Å²) in [5.74, 6) is -0.377. The third kappa shape index (κ3) is 1.62. The summed E-state index contributed by atoms with van der Waals surface area (Å²) in [6.07, 6.45) is 0. The fourth-order valence-electron chi connectivity index (χ4n) is 1.79. The second-order valence-corrected chi connectivity index (χ2v) is 3.62. The van der Waals surface area contributed by atoms with Gasteiger partial charge in [0.1, 0.15) is 0 Å². The van der Waals surface area contributed by atoms with Crippen molar-refractivity contribution < 1.29 is 9.59 Å². The van der Waals surface area contributed by atoms with E-state index >= 15 is 0 Å². The lowest BCUT2D eigenvalue weighted by Gasteiger charge is -2.03. The molecule has 3 heteroatoms. The lowest BCUT2D eigenvalue weighted by molar-refractivity contribution is 0.0693. The highest BCUT2D eigenvalue weighted by molar-refractivity contribution is 6.22. The largest absolute Gasteiger partial charge is 0.277 e. The van der Waals surface area contributed by atoms with Gasteiger partial charge in [-0.1, -0.05) is 26.0 Å². The molecule has 0 atom stereocenters. The summed E-state index contributed by atoms with van der Waals surface area (Å²) in [6.45, 7) is 7.70. The van der Waals surface area contributed by atoms with Crippen molar-refractivity contribution in [2.24, 2.45) is 0 Å². The van der Waals surface area contributed by atoms with Crippen LogP contribution in [0.1, 0.15) is 45.7 Å². The topological polar surface area (TPSA) is 37.4 Å². The summed E-state index contributed by atoms with van der Waals surface area (Å²) in [4.78, 5) is 24.5. The number of amides is 2. The Morgan fingerprint density at radius 3 is 1.50 bits per heavy atom. The van der Waals surface area contributed by atoms with Crippen molar-refractivity contribution in [3.63, 3.8) is 0 Å². The monoisotopic (exact) mass is 219 g/mol. The van der Waals surface area contributed by atoms with Crippen LogP contribution in [0.4, 0.5) is 0 Å². The van der Waals surface area contributed by atoms with Crippen LogP contribution in [-0.4, -0.2) is 23.8 Å². The number of carbonyl (C=O) groups is 2. The molecule has 1 heterocycles. The Morgan fingerprint density at radius 1 is 0.875 bits per heavy atom. The van der Waals surface area contributed by atoms with Crippen molar-refractivity contribution in [2.75, 3.05) is 7.05 Å². The van der Waals surface area contributed by atoms with E-state index in [9.17, 15) is 9.59 Å². The molecule has 1 aliphatic heterocycles. The maximum absolute atomic E-state index is 11.7. The van der Waals surface area contributed by atoms with Crippen LogP contribution in [0.5, 0.6) is 0 Å². The van der Waals surface area contributed by atoms with Crippen LogP contribution in [0, 0.1) is 13.8 Å². The Bertz CT molecular complexity index is 408. The quantitative estimate of drug-likeness (QED) is 0.629. The number of imide groups is 1. The van der Waals surface area contributed by atoms with Crippen LogP contribution in [0.2, 0.25) is 0 Å². The highest BCUT2D eigenvalue weighted by Gasteiger charge is 2.35. The van der Waals surface area contributed by atoms with E-state index in [1.165, 1.54) is 11.9 Å². The number of nitrogens with zero attached hydrogens (tertiary/aromatic N) is 1. The number of benzene rings is 1. The lowest BCUT2D eigenvalue weighted by atomic mass is 9.99. The number of aryl methyl sites for hydroxylation is 2. The Balaban J connectivity index is 0.000000606. The molecule has 0 spiro atoms. The molecule has 86 valence electrons. The van der Waals surface area contributed by atoms with Gasteiger partial charge in [0.05, 0.1) is 11.1 Å². The predicted molar refractivity (Wildman–Crippen MR) is 63.7 cm³/mol. The van der Waals surface area contributed by atoms with E-state index in [0.29, 0.717) is 11.1 Å². The molecule has 0 radical (unpaired) electrons. The SMILES string of the molecule is CC.Cc1ccc(C)c2c1C(=O)N(C)C2=O. The molecule has 0 fully saturated rings. The van der Waals surface area contributed by atoms with Crippen molar-refractivity contribution in [1.29, 1.82) is 0 Å². The van der Waals surface area contributed by atoms with Gasteiger partial charge in [-0.3, -0.25) is 14.5 Å². The van der Waals surface area contributed by atoms with Crippen LogP contribution in [0.3, 0.4) is 0 Å². The summed E-state index contributed by atoms with van der Waals surface area (Å²) >= 11 is 0. The van der Waals surface area contributed by atoms with Gasteiger partial charge in [-0.15, -0.1) is 0 Å². The van der Waals surface area contributed by atoms with E-state index in [2.05, 4.69) is 0 Å². The molecular formula is C13H17NO2.